The fraction of sp³-hybridized carbons (Fsp3) is 0.250. The number of hydrogen-bond acceptors (Lipinski definition) is 4. The van der Waals surface area contributed by atoms with E-state index >= 15 is 0 Å². The summed E-state index contributed by atoms with van der Waals surface area (Å²) in [6.07, 6.45) is 1.79. The van der Waals surface area contributed by atoms with Gasteiger partial charge in [-0.1, -0.05) is 35.9 Å². The first-order valence-corrected chi connectivity index (χ1v) is 9.25. The van der Waals surface area contributed by atoms with Gasteiger partial charge in [-0.3, -0.25) is 9.48 Å². The Hall–Kier alpha value is -2.86. The van der Waals surface area contributed by atoms with Crippen LogP contribution in [0.15, 0.2) is 54.7 Å². The Kier molecular flexibility index (Phi) is 4.81. The van der Waals surface area contributed by atoms with Crippen LogP contribution in [0, 0.1) is 0 Å². The number of halogens is 1. The molecule has 0 atom stereocenters. The number of benzene rings is 1. The first kappa shape index (κ1) is 17.5. The molecule has 3 heterocycles. The molecule has 0 saturated carbocycles. The van der Waals surface area contributed by atoms with Gasteiger partial charge in [-0.2, -0.15) is 5.10 Å². The highest BCUT2D eigenvalue weighted by Gasteiger charge is 2.25. The molecule has 1 aliphatic rings. The smallest absolute Gasteiger partial charge is 0.272 e. The molecule has 0 bridgehead atoms. The number of carbonyl (C=O) groups excluding carboxylic acids is 1. The first-order chi connectivity index (χ1) is 13.1. The third kappa shape index (κ3) is 3.53. The number of nitrogens with zero attached hydrogens (tertiary/aromatic N) is 5. The van der Waals surface area contributed by atoms with Crippen molar-refractivity contribution in [3.63, 3.8) is 0 Å². The molecule has 138 valence electrons. The quantitative estimate of drug-likeness (QED) is 0.699. The molecule has 1 aromatic carbocycles. The van der Waals surface area contributed by atoms with Crippen LogP contribution in [0.2, 0.25) is 5.02 Å². The minimum atomic E-state index is -0.0102. The van der Waals surface area contributed by atoms with Crippen molar-refractivity contribution in [1.29, 1.82) is 0 Å². The second kappa shape index (κ2) is 7.40. The van der Waals surface area contributed by atoms with Crippen molar-refractivity contribution in [2.24, 2.45) is 7.05 Å². The predicted octanol–water partition coefficient (Wildman–Crippen LogP) is 3.10. The number of aryl methyl sites for hydroxylation is 1. The third-order valence-corrected chi connectivity index (χ3v) is 5.12. The lowest BCUT2D eigenvalue weighted by molar-refractivity contribution is 0.0735. The summed E-state index contributed by atoms with van der Waals surface area (Å²) in [5, 5.41) is 5.11. The van der Waals surface area contributed by atoms with E-state index in [-0.39, 0.29) is 5.91 Å². The molecule has 0 N–H and O–H groups in total. The van der Waals surface area contributed by atoms with Crippen LogP contribution in [0.5, 0.6) is 0 Å². The second-order valence-corrected chi connectivity index (χ2v) is 6.89. The van der Waals surface area contributed by atoms with E-state index in [4.69, 9.17) is 11.6 Å². The van der Waals surface area contributed by atoms with Gasteiger partial charge in [-0.25, -0.2) is 4.98 Å². The van der Waals surface area contributed by atoms with Crippen LogP contribution in [0.4, 0.5) is 5.82 Å². The van der Waals surface area contributed by atoms with Crippen LogP contribution in [0.3, 0.4) is 0 Å². The lowest BCUT2D eigenvalue weighted by Gasteiger charge is -2.35. The van der Waals surface area contributed by atoms with Crippen molar-refractivity contribution in [1.82, 2.24) is 19.7 Å². The zero-order valence-electron chi connectivity index (χ0n) is 15.0. The number of piperazine rings is 1. The van der Waals surface area contributed by atoms with Gasteiger partial charge >= 0.3 is 0 Å². The molecule has 0 aliphatic carbocycles. The summed E-state index contributed by atoms with van der Waals surface area (Å²) in [5.41, 5.74) is 2.10. The van der Waals surface area contributed by atoms with Crippen LogP contribution >= 0.6 is 11.6 Å². The normalized spacial score (nSPS) is 14.4. The van der Waals surface area contributed by atoms with Crippen LogP contribution in [0.25, 0.3) is 11.3 Å². The van der Waals surface area contributed by atoms with Crippen LogP contribution in [-0.2, 0) is 7.05 Å². The van der Waals surface area contributed by atoms with Gasteiger partial charge in [0.1, 0.15) is 11.5 Å². The Labute approximate surface area is 163 Å². The molecule has 27 heavy (non-hydrogen) atoms. The average molecular weight is 382 g/mol. The largest absolute Gasteiger partial charge is 0.353 e. The van der Waals surface area contributed by atoms with Crippen LogP contribution < -0.4 is 4.90 Å². The van der Waals surface area contributed by atoms with E-state index in [0.29, 0.717) is 29.5 Å². The minimum absolute atomic E-state index is 0.0102. The maximum atomic E-state index is 13.0. The van der Waals surface area contributed by atoms with Crippen molar-refractivity contribution < 1.29 is 4.79 Å². The lowest BCUT2D eigenvalue weighted by Crippen LogP contribution is -2.49. The zero-order valence-corrected chi connectivity index (χ0v) is 15.8. The van der Waals surface area contributed by atoms with E-state index in [1.807, 2.05) is 53.4 Å². The Morgan fingerprint density at radius 1 is 1.04 bits per heavy atom. The summed E-state index contributed by atoms with van der Waals surface area (Å²) in [6.45, 7) is 2.83. The standard InChI is InChI=1S/C20H20ClN5O/c1-24-18(14-17(23-24)15-6-2-3-7-16(15)21)20(27)26-12-10-25(11-13-26)19-8-4-5-9-22-19/h2-9,14H,10-13H2,1H3. The van der Waals surface area contributed by atoms with Gasteiger partial charge in [0, 0.05) is 45.0 Å². The van der Waals surface area contributed by atoms with Gasteiger partial charge in [-0.15, -0.1) is 0 Å². The number of amides is 1. The predicted molar refractivity (Wildman–Crippen MR) is 106 cm³/mol. The van der Waals surface area contributed by atoms with Crippen molar-refractivity contribution in [2.45, 2.75) is 0 Å². The van der Waals surface area contributed by atoms with E-state index in [9.17, 15) is 4.79 Å². The van der Waals surface area contributed by atoms with Gasteiger partial charge in [0.2, 0.25) is 0 Å². The monoisotopic (exact) mass is 381 g/mol. The van der Waals surface area contributed by atoms with E-state index in [0.717, 1.165) is 24.5 Å². The number of rotatable bonds is 3. The summed E-state index contributed by atoms with van der Waals surface area (Å²) < 4.78 is 1.63. The average Bonchev–Trinajstić information content (AvgIpc) is 3.10. The number of carbonyl (C=O) groups is 1. The fourth-order valence-corrected chi connectivity index (χ4v) is 3.54. The zero-order chi connectivity index (χ0) is 18.8. The van der Waals surface area contributed by atoms with Gasteiger partial charge in [0.25, 0.3) is 5.91 Å². The molecule has 7 heteroatoms. The number of hydrogen-bond donors (Lipinski definition) is 0. The number of pyridine rings is 1. The molecule has 1 amide bonds. The molecule has 6 nitrogen and oxygen atoms in total. The number of anilines is 1. The SMILES string of the molecule is Cn1nc(-c2ccccc2Cl)cc1C(=O)N1CCN(c2ccccn2)CC1. The highest BCUT2D eigenvalue weighted by atomic mass is 35.5. The molecule has 0 spiro atoms. The highest BCUT2D eigenvalue weighted by molar-refractivity contribution is 6.33. The van der Waals surface area contributed by atoms with E-state index < -0.39 is 0 Å². The molecule has 1 saturated heterocycles. The van der Waals surface area contributed by atoms with E-state index in [1.165, 1.54) is 0 Å². The molecular formula is C20H20ClN5O. The van der Waals surface area contributed by atoms with Crippen molar-refractivity contribution in [3.8, 4) is 11.3 Å². The topological polar surface area (TPSA) is 54.3 Å². The lowest BCUT2D eigenvalue weighted by atomic mass is 10.1. The molecule has 4 rings (SSSR count). The van der Waals surface area contributed by atoms with Crippen LogP contribution in [-0.4, -0.2) is 51.8 Å². The molecule has 2 aromatic heterocycles. The highest BCUT2D eigenvalue weighted by Crippen LogP contribution is 2.27. The van der Waals surface area contributed by atoms with E-state index in [1.54, 1.807) is 17.9 Å². The molecule has 1 aliphatic heterocycles. The summed E-state index contributed by atoms with van der Waals surface area (Å²) in [4.78, 5) is 21.4. The molecular weight excluding hydrogens is 362 g/mol. The molecule has 3 aromatic rings. The summed E-state index contributed by atoms with van der Waals surface area (Å²) in [7, 11) is 1.79. The van der Waals surface area contributed by atoms with E-state index in [2.05, 4.69) is 15.0 Å². The van der Waals surface area contributed by atoms with Gasteiger partial charge in [0.05, 0.1) is 10.7 Å². The Balaban J connectivity index is 1.49. The van der Waals surface area contributed by atoms with Gasteiger partial charge in [0.15, 0.2) is 0 Å². The third-order valence-electron chi connectivity index (χ3n) is 4.79. The summed E-state index contributed by atoms with van der Waals surface area (Å²) in [6, 6.07) is 15.2. The maximum Gasteiger partial charge on any atom is 0.272 e. The first-order valence-electron chi connectivity index (χ1n) is 8.87. The minimum Gasteiger partial charge on any atom is -0.353 e. The van der Waals surface area contributed by atoms with Crippen molar-refractivity contribution >= 4 is 23.3 Å². The van der Waals surface area contributed by atoms with Gasteiger partial charge < -0.3 is 9.80 Å². The molecule has 1 fully saturated rings. The molecule has 0 unspecified atom stereocenters. The van der Waals surface area contributed by atoms with Crippen LogP contribution in [0.1, 0.15) is 10.5 Å². The summed E-state index contributed by atoms with van der Waals surface area (Å²) >= 11 is 6.27. The Bertz CT molecular complexity index is 948. The number of aromatic nitrogens is 3. The summed E-state index contributed by atoms with van der Waals surface area (Å²) in [5.74, 6) is 0.940. The van der Waals surface area contributed by atoms with Crippen molar-refractivity contribution in [2.75, 3.05) is 31.1 Å². The fourth-order valence-electron chi connectivity index (χ4n) is 3.31. The Morgan fingerprint density at radius 3 is 2.48 bits per heavy atom. The maximum absolute atomic E-state index is 13.0. The van der Waals surface area contributed by atoms with Gasteiger partial charge in [-0.05, 0) is 24.3 Å². The molecule has 0 radical (unpaired) electrons. The Morgan fingerprint density at radius 2 is 1.78 bits per heavy atom. The van der Waals surface area contributed by atoms with Crippen molar-refractivity contribution in [3.05, 3.63) is 65.4 Å². The second-order valence-electron chi connectivity index (χ2n) is 6.49.